The first-order valence-corrected chi connectivity index (χ1v) is 12.1. The Morgan fingerprint density at radius 2 is 1.97 bits per heavy atom. The van der Waals surface area contributed by atoms with E-state index in [1.807, 2.05) is 42.7 Å². The monoisotopic (exact) mass is 500 g/mol. The van der Waals surface area contributed by atoms with Crippen LogP contribution in [0.25, 0.3) is 5.69 Å². The zero-order valence-corrected chi connectivity index (χ0v) is 20.4. The van der Waals surface area contributed by atoms with Crippen molar-refractivity contribution in [1.82, 2.24) is 19.8 Å². The number of rotatable bonds is 5. The lowest BCUT2D eigenvalue weighted by molar-refractivity contribution is -0.137. The minimum absolute atomic E-state index is 0.0895. The number of hydrogen-bond donors (Lipinski definition) is 1. The minimum atomic E-state index is -4.41. The van der Waals surface area contributed by atoms with Crippen molar-refractivity contribution in [1.29, 1.82) is 0 Å². The lowest BCUT2D eigenvalue weighted by Gasteiger charge is -2.30. The largest absolute Gasteiger partial charge is 0.416 e. The molecule has 0 bridgehead atoms. The summed E-state index contributed by atoms with van der Waals surface area (Å²) in [5.41, 5.74) is 3.40. The second-order valence-electron chi connectivity index (χ2n) is 9.12. The summed E-state index contributed by atoms with van der Waals surface area (Å²) in [6.45, 7) is 5.26. The molecular weight excluding hydrogens is 473 g/mol. The summed E-state index contributed by atoms with van der Waals surface area (Å²) >= 11 is 5.76. The van der Waals surface area contributed by atoms with E-state index in [1.165, 1.54) is 12.1 Å². The first-order valence-electron chi connectivity index (χ1n) is 11.7. The topological polar surface area (TPSA) is 42.3 Å². The van der Waals surface area contributed by atoms with Gasteiger partial charge in [0.2, 0.25) is 0 Å². The van der Waals surface area contributed by atoms with Gasteiger partial charge in [-0.25, -0.2) is 0 Å². The Labute approximate surface area is 207 Å². The van der Waals surface area contributed by atoms with E-state index >= 15 is 0 Å². The van der Waals surface area contributed by atoms with Gasteiger partial charge in [-0.3, -0.25) is 4.98 Å². The molecule has 0 spiro atoms. The number of ether oxygens (including phenoxy) is 1. The number of nitrogens with one attached hydrogen (secondary N) is 1. The molecule has 0 saturated carbocycles. The summed E-state index contributed by atoms with van der Waals surface area (Å²) < 4.78 is 48.0. The van der Waals surface area contributed by atoms with Gasteiger partial charge in [0, 0.05) is 36.4 Å². The van der Waals surface area contributed by atoms with Gasteiger partial charge >= 0.3 is 6.18 Å². The summed E-state index contributed by atoms with van der Waals surface area (Å²) in [4.78, 5) is 6.74. The first kappa shape index (κ1) is 23.8. The lowest BCUT2D eigenvalue weighted by atomic mass is 9.96. The van der Waals surface area contributed by atoms with Crippen LogP contribution in [-0.2, 0) is 10.9 Å². The predicted molar refractivity (Wildman–Crippen MR) is 131 cm³/mol. The van der Waals surface area contributed by atoms with Crippen molar-refractivity contribution in [2.45, 2.75) is 51.1 Å². The van der Waals surface area contributed by atoms with Crippen molar-refractivity contribution < 1.29 is 17.9 Å². The molecule has 3 atom stereocenters. The first-order chi connectivity index (χ1) is 16.7. The van der Waals surface area contributed by atoms with Crippen LogP contribution >= 0.6 is 12.2 Å². The molecule has 0 unspecified atom stereocenters. The number of aryl methyl sites for hydroxylation is 1. The Hall–Kier alpha value is -2.91. The number of halogens is 3. The second kappa shape index (κ2) is 9.28. The van der Waals surface area contributed by atoms with Gasteiger partial charge in [-0.2, -0.15) is 13.2 Å². The highest BCUT2D eigenvalue weighted by atomic mass is 32.1. The Bertz CT molecular complexity index is 1220. The number of nitrogens with zero attached hydrogens (tertiary/aromatic N) is 3. The molecular formula is C26H27F3N4OS. The molecule has 3 aromatic rings. The summed E-state index contributed by atoms with van der Waals surface area (Å²) in [7, 11) is 0. The Morgan fingerprint density at radius 3 is 2.66 bits per heavy atom. The molecule has 9 heteroatoms. The lowest BCUT2D eigenvalue weighted by Crippen LogP contribution is -2.36. The Balaban J connectivity index is 1.59. The second-order valence-corrected chi connectivity index (χ2v) is 9.51. The van der Waals surface area contributed by atoms with Gasteiger partial charge in [0.15, 0.2) is 5.11 Å². The summed E-state index contributed by atoms with van der Waals surface area (Å²) in [6, 6.07) is 12.9. The molecule has 5 rings (SSSR count). The standard InChI is InChI=1S/C26H27F3N4OS/c1-16-13-21(17(2)33(16)19-8-5-7-18(14-19)26(27,28)29)24-23(22-10-3-4-11-30-22)31-25(35)32(24)15-20-9-6-12-34-20/h3-5,7-8,10-11,13-14,20,23-24H,6,9,12,15H2,1-2H3,(H,31,35)/t20-,23-,24-/m0/s1. The molecule has 2 aromatic heterocycles. The van der Waals surface area contributed by atoms with Crippen molar-refractivity contribution in [3.63, 3.8) is 0 Å². The molecule has 0 amide bonds. The van der Waals surface area contributed by atoms with E-state index in [0.717, 1.165) is 48.2 Å². The van der Waals surface area contributed by atoms with Gasteiger partial charge in [-0.1, -0.05) is 12.1 Å². The van der Waals surface area contributed by atoms with Gasteiger partial charge < -0.3 is 19.5 Å². The van der Waals surface area contributed by atoms with E-state index in [-0.39, 0.29) is 18.2 Å². The summed E-state index contributed by atoms with van der Waals surface area (Å²) in [5, 5.41) is 4.08. The molecule has 35 heavy (non-hydrogen) atoms. The van der Waals surface area contributed by atoms with Crippen LogP contribution in [0.3, 0.4) is 0 Å². The van der Waals surface area contributed by atoms with E-state index in [1.54, 1.807) is 12.3 Å². The van der Waals surface area contributed by atoms with Crippen LogP contribution in [-0.4, -0.2) is 38.8 Å². The molecule has 184 valence electrons. The van der Waals surface area contributed by atoms with Gasteiger partial charge in [0.1, 0.15) is 0 Å². The molecule has 0 aliphatic carbocycles. The number of aromatic nitrogens is 2. The molecule has 1 N–H and O–H groups in total. The quantitative estimate of drug-likeness (QED) is 0.458. The zero-order chi connectivity index (χ0) is 24.7. The fourth-order valence-electron chi connectivity index (χ4n) is 5.25. The van der Waals surface area contributed by atoms with Crippen molar-refractivity contribution in [3.8, 4) is 5.69 Å². The predicted octanol–water partition coefficient (Wildman–Crippen LogP) is 5.66. The maximum atomic E-state index is 13.4. The Morgan fingerprint density at radius 1 is 1.14 bits per heavy atom. The number of alkyl halides is 3. The maximum Gasteiger partial charge on any atom is 0.416 e. The minimum Gasteiger partial charge on any atom is -0.376 e. The van der Waals surface area contributed by atoms with Gasteiger partial charge in [-0.05, 0) is 80.9 Å². The molecule has 2 aliphatic rings. The third-order valence-corrected chi connectivity index (χ3v) is 7.20. The van der Waals surface area contributed by atoms with Crippen LogP contribution in [0.1, 0.15) is 53.1 Å². The number of hydrogen-bond acceptors (Lipinski definition) is 3. The third kappa shape index (κ3) is 4.54. The number of pyridine rings is 1. The van der Waals surface area contributed by atoms with Crippen LogP contribution in [0, 0.1) is 13.8 Å². The average molecular weight is 501 g/mol. The van der Waals surface area contributed by atoms with Gasteiger partial charge in [0.05, 0.1) is 29.4 Å². The van der Waals surface area contributed by atoms with E-state index in [4.69, 9.17) is 17.0 Å². The fraction of sp³-hybridized carbons (Fsp3) is 0.385. The van der Waals surface area contributed by atoms with Crippen LogP contribution in [0.15, 0.2) is 54.7 Å². The van der Waals surface area contributed by atoms with Crippen molar-refractivity contribution >= 4 is 17.3 Å². The maximum absolute atomic E-state index is 13.4. The molecule has 2 aliphatic heterocycles. The SMILES string of the molecule is Cc1cc([C@H]2[C@H](c3ccccn3)NC(=S)N2C[C@@H]2CCCO2)c(C)n1-c1cccc(C(F)(F)F)c1. The van der Waals surface area contributed by atoms with Crippen LogP contribution in [0.4, 0.5) is 13.2 Å². The molecule has 5 nitrogen and oxygen atoms in total. The van der Waals surface area contributed by atoms with Crippen LogP contribution in [0.2, 0.25) is 0 Å². The smallest absolute Gasteiger partial charge is 0.376 e. The Kier molecular flexibility index (Phi) is 6.31. The molecule has 1 aromatic carbocycles. The summed E-state index contributed by atoms with van der Waals surface area (Å²) in [5.74, 6) is 0. The van der Waals surface area contributed by atoms with Crippen LogP contribution in [0.5, 0.6) is 0 Å². The number of thiocarbonyl (C=S) groups is 1. The molecule has 0 radical (unpaired) electrons. The highest BCUT2D eigenvalue weighted by molar-refractivity contribution is 7.80. The van der Waals surface area contributed by atoms with Crippen molar-refractivity contribution in [2.24, 2.45) is 0 Å². The fourth-order valence-corrected chi connectivity index (χ4v) is 5.57. The zero-order valence-electron chi connectivity index (χ0n) is 19.5. The number of benzene rings is 1. The highest BCUT2D eigenvalue weighted by Gasteiger charge is 2.42. The third-order valence-electron chi connectivity index (χ3n) is 6.84. The van der Waals surface area contributed by atoms with Gasteiger partial charge in [0.25, 0.3) is 0 Å². The van der Waals surface area contributed by atoms with Crippen LogP contribution < -0.4 is 5.32 Å². The molecule has 2 saturated heterocycles. The van der Waals surface area contributed by atoms with E-state index in [9.17, 15) is 13.2 Å². The summed E-state index contributed by atoms with van der Waals surface area (Å²) in [6.07, 6.45) is -0.560. The van der Waals surface area contributed by atoms with E-state index < -0.39 is 11.7 Å². The van der Waals surface area contributed by atoms with Crippen molar-refractivity contribution in [3.05, 3.63) is 82.9 Å². The van der Waals surface area contributed by atoms with E-state index in [0.29, 0.717) is 17.3 Å². The average Bonchev–Trinajstić information content (AvgIpc) is 3.53. The molecule has 2 fully saturated rings. The van der Waals surface area contributed by atoms with E-state index in [2.05, 4.69) is 15.2 Å². The molecule has 4 heterocycles. The normalized spacial score (nSPS) is 22.6. The highest BCUT2D eigenvalue weighted by Crippen LogP contribution is 2.42. The van der Waals surface area contributed by atoms with Crippen molar-refractivity contribution in [2.75, 3.05) is 13.2 Å². The van der Waals surface area contributed by atoms with Gasteiger partial charge in [-0.15, -0.1) is 0 Å².